The fraction of sp³-hybridized carbons (Fsp3) is 0.571. The van der Waals surface area contributed by atoms with Gasteiger partial charge in [0.25, 0.3) is 0 Å². The van der Waals surface area contributed by atoms with Gasteiger partial charge in [-0.3, -0.25) is 11.3 Å². The van der Waals surface area contributed by atoms with Gasteiger partial charge in [0.2, 0.25) is 0 Å². The standard InChI is InChI=1S/C14H24N2O/c1-3-17-10-6-9-14(16-15)11-13-8-5-4-7-12(13)2/h4-5,7-8,14,16H,3,6,9-11,15H2,1-2H3. The lowest BCUT2D eigenvalue weighted by Crippen LogP contribution is -2.37. The lowest BCUT2D eigenvalue weighted by atomic mass is 9.99. The van der Waals surface area contributed by atoms with E-state index in [1.54, 1.807) is 0 Å². The van der Waals surface area contributed by atoms with Crippen LogP contribution in [0.15, 0.2) is 24.3 Å². The summed E-state index contributed by atoms with van der Waals surface area (Å²) in [6.07, 6.45) is 3.08. The van der Waals surface area contributed by atoms with Gasteiger partial charge in [-0.05, 0) is 44.2 Å². The quantitative estimate of drug-likeness (QED) is 0.413. The zero-order valence-electron chi connectivity index (χ0n) is 10.9. The van der Waals surface area contributed by atoms with Crippen LogP contribution in [0.4, 0.5) is 0 Å². The van der Waals surface area contributed by atoms with E-state index in [1.807, 2.05) is 6.92 Å². The molecule has 0 bridgehead atoms. The Balaban J connectivity index is 2.38. The summed E-state index contributed by atoms with van der Waals surface area (Å²) in [5, 5.41) is 0. The molecule has 3 N–H and O–H groups in total. The number of nitrogens with two attached hydrogens (primary N) is 1. The second kappa shape index (κ2) is 8.23. The minimum Gasteiger partial charge on any atom is -0.382 e. The molecule has 1 rings (SSSR count). The lowest BCUT2D eigenvalue weighted by Gasteiger charge is -2.17. The van der Waals surface area contributed by atoms with Crippen molar-refractivity contribution in [1.82, 2.24) is 5.43 Å². The molecule has 3 nitrogen and oxygen atoms in total. The maximum Gasteiger partial charge on any atom is 0.0466 e. The molecule has 0 radical (unpaired) electrons. The predicted molar refractivity (Wildman–Crippen MR) is 71.7 cm³/mol. The van der Waals surface area contributed by atoms with Crippen molar-refractivity contribution in [1.29, 1.82) is 0 Å². The van der Waals surface area contributed by atoms with Crippen molar-refractivity contribution in [3.05, 3.63) is 35.4 Å². The molecule has 1 unspecified atom stereocenters. The summed E-state index contributed by atoms with van der Waals surface area (Å²) in [6, 6.07) is 8.79. The highest BCUT2D eigenvalue weighted by molar-refractivity contribution is 5.26. The van der Waals surface area contributed by atoms with Crippen molar-refractivity contribution in [2.75, 3.05) is 13.2 Å². The molecule has 17 heavy (non-hydrogen) atoms. The van der Waals surface area contributed by atoms with Gasteiger partial charge in [-0.15, -0.1) is 0 Å². The number of hydrazine groups is 1. The Morgan fingerprint density at radius 3 is 2.76 bits per heavy atom. The molecule has 0 heterocycles. The highest BCUT2D eigenvalue weighted by Crippen LogP contribution is 2.11. The first-order valence-electron chi connectivity index (χ1n) is 6.36. The van der Waals surface area contributed by atoms with E-state index < -0.39 is 0 Å². The van der Waals surface area contributed by atoms with E-state index in [9.17, 15) is 0 Å². The summed E-state index contributed by atoms with van der Waals surface area (Å²) in [7, 11) is 0. The van der Waals surface area contributed by atoms with E-state index in [2.05, 4.69) is 36.6 Å². The Kier molecular flexibility index (Phi) is 6.86. The largest absolute Gasteiger partial charge is 0.382 e. The van der Waals surface area contributed by atoms with Crippen molar-refractivity contribution >= 4 is 0 Å². The van der Waals surface area contributed by atoms with E-state index in [0.717, 1.165) is 32.5 Å². The molecule has 0 aliphatic carbocycles. The van der Waals surface area contributed by atoms with Crippen LogP contribution in [0, 0.1) is 6.92 Å². The van der Waals surface area contributed by atoms with Crippen LogP contribution in [-0.4, -0.2) is 19.3 Å². The van der Waals surface area contributed by atoms with E-state index in [-0.39, 0.29) is 0 Å². The third-order valence-electron chi connectivity index (χ3n) is 3.01. The van der Waals surface area contributed by atoms with E-state index in [0.29, 0.717) is 6.04 Å². The van der Waals surface area contributed by atoms with Crippen molar-refractivity contribution in [2.24, 2.45) is 5.84 Å². The number of benzene rings is 1. The predicted octanol–water partition coefficient (Wildman–Crippen LogP) is 2.19. The molecule has 0 spiro atoms. The van der Waals surface area contributed by atoms with Crippen molar-refractivity contribution in [3.8, 4) is 0 Å². The Bertz CT molecular complexity index is 315. The molecule has 96 valence electrons. The van der Waals surface area contributed by atoms with Crippen LogP contribution in [0.25, 0.3) is 0 Å². The monoisotopic (exact) mass is 236 g/mol. The average Bonchev–Trinajstić information content (AvgIpc) is 2.35. The van der Waals surface area contributed by atoms with E-state index >= 15 is 0 Å². The van der Waals surface area contributed by atoms with Crippen LogP contribution in [0.2, 0.25) is 0 Å². The molecule has 0 aromatic heterocycles. The van der Waals surface area contributed by atoms with Crippen LogP contribution in [-0.2, 0) is 11.2 Å². The van der Waals surface area contributed by atoms with Gasteiger partial charge in [-0.2, -0.15) is 0 Å². The molecule has 1 aromatic rings. The van der Waals surface area contributed by atoms with Crippen LogP contribution in [0.3, 0.4) is 0 Å². The number of hydrogen-bond acceptors (Lipinski definition) is 3. The molecule has 1 aromatic carbocycles. The van der Waals surface area contributed by atoms with Crippen molar-refractivity contribution in [3.63, 3.8) is 0 Å². The third-order valence-corrected chi connectivity index (χ3v) is 3.01. The maximum atomic E-state index is 5.59. The fourth-order valence-corrected chi connectivity index (χ4v) is 1.93. The average molecular weight is 236 g/mol. The van der Waals surface area contributed by atoms with E-state index in [4.69, 9.17) is 10.6 Å². The number of aryl methyl sites for hydroxylation is 1. The minimum absolute atomic E-state index is 0.330. The minimum atomic E-state index is 0.330. The first-order chi connectivity index (χ1) is 8.27. The van der Waals surface area contributed by atoms with Gasteiger partial charge in [-0.1, -0.05) is 24.3 Å². The number of ether oxygens (including phenoxy) is 1. The lowest BCUT2D eigenvalue weighted by molar-refractivity contribution is 0.140. The highest BCUT2D eigenvalue weighted by atomic mass is 16.5. The van der Waals surface area contributed by atoms with Gasteiger partial charge in [0, 0.05) is 19.3 Å². The maximum absolute atomic E-state index is 5.59. The number of nitrogens with one attached hydrogen (secondary N) is 1. The molecule has 0 amide bonds. The van der Waals surface area contributed by atoms with E-state index in [1.165, 1.54) is 11.1 Å². The molecule has 0 saturated heterocycles. The van der Waals surface area contributed by atoms with Crippen LogP contribution >= 0.6 is 0 Å². The summed E-state index contributed by atoms with van der Waals surface area (Å²) in [4.78, 5) is 0. The van der Waals surface area contributed by atoms with Gasteiger partial charge in [-0.25, -0.2) is 0 Å². The summed E-state index contributed by atoms with van der Waals surface area (Å²) in [6.45, 7) is 5.77. The van der Waals surface area contributed by atoms with Gasteiger partial charge in [0.05, 0.1) is 0 Å². The Morgan fingerprint density at radius 1 is 1.35 bits per heavy atom. The zero-order valence-corrected chi connectivity index (χ0v) is 10.9. The first-order valence-corrected chi connectivity index (χ1v) is 6.36. The summed E-state index contributed by atoms with van der Waals surface area (Å²) >= 11 is 0. The van der Waals surface area contributed by atoms with Gasteiger partial charge >= 0.3 is 0 Å². The van der Waals surface area contributed by atoms with Crippen LogP contribution in [0.5, 0.6) is 0 Å². The number of rotatable bonds is 8. The zero-order chi connectivity index (χ0) is 12.5. The Hall–Kier alpha value is -0.900. The highest BCUT2D eigenvalue weighted by Gasteiger charge is 2.08. The van der Waals surface area contributed by atoms with Crippen LogP contribution in [0.1, 0.15) is 30.9 Å². The topological polar surface area (TPSA) is 47.3 Å². The number of hydrogen-bond donors (Lipinski definition) is 2. The molecular weight excluding hydrogens is 212 g/mol. The second-order valence-corrected chi connectivity index (χ2v) is 4.33. The Morgan fingerprint density at radius 2 is 2.12 bits per heavy atom. The molecule has 0 aliphatic heterocycles. The van der Waals surface area contributed by atoms with Gasteiger partial charge in [0.1, 0.15) is 0 Å². The molecule has 0 aliphatic rings. The normalized spacial score (nSPS) is 12.6. The van der Waals surface area contributed by atoms with Crippen molar-refractivity contribution in [2.45, 2.75) is 39.2 Å². The molecule has 3 heteroatoms. The summed E-state index contributed by atoms with van der Waals surface area (Å²) in [5.41, 5.74) is 5.60. The first kappa shape index (κ1) is 14.2. The van der Waals surface area contributed by atoms with Gasteiger partial charge in [0.15, 0.2) is 0 Å². The van der Waals surface area contributed by atoms with Crippen molar-refractivity contribution < 1.29 is 4.74 Å². The molecular formula is C14H24N2O. The summed E-state index contributed by atoms with van der Waals surface area (Å²) < 4.78 is 5.33. The molecule has 0 saturated carbocycles. The fourth-order valence-electron chi connectivity index (χ4n) is 1.93. The SMILES string of the molecule is CCOCCCC(Cc1ccccc1C)NN. The van der Waals surface area contributed by atoms with Gasteiger partial charge < -0.3 is 4.74 Å². The van der Waals surface area contributed by atoms with Crippen LogP contribution < -0.4 is 11.3 Å². The molecule has 0 fully saturated rings. The summed E-state index contributed by atoms with van der Waals surface area (Å²) in [5.74, 6) is 5.59. The molecule has 1 atom stereocenters. The third kappa shape index (κ3) is 5.31. The second-order valence-electron chi connectivity index (χ2n) is 4.33. The Labute approximate surface area is 104 Å². The smallest absolute Gasteiger partial charge is 0.0466 e.